The summed E-state index contributed by atoms with van der Waals surface area (Å²) in [6, 6.07) is 7.86. The highest BCUT2D eigenvalue weighted by Gasteiger charge is 2.19. The van der Waals surface area contributed by atoms with Gasteiger partial charge >= 0.3 is 0 Å². The van der Waals surface area contributed by atoms with Crippen molar-refractivity contribution in [1.82, 2.24) is 19.7 Å². The van der Waals surface area contributed by atoms with Gasteiger partial charge in [0.05, 0.1) is 12.4 Å². The maximum atomic E-state index is 5.38. The van der Waals surface area contributed by atoms with E-state index in [-0.39, 0.29) is 11.2 Å². The Bertz CT molecular complexity index is 795. The Balaban J connectivity index is 1.79. The fourth-order valence-corrected chi connectivity index (χ4v) is 3.09. The van der Waals surface area contributed by atoms with Gasteiger partial charge in [0.25, 0.3) is 0 Å². The Hall–Kier alpha value is -2.28. The number of hydrogen-bond acceptors (Lipinski definition) is 6. The minimum atomic E-state index is 0.0180. The number of aromatic nitrogens is 4. The van der Waals surface area contributed by atoms with Crippen LogP contribution in [0.5, 0.6) is 5.75 Å². The van der Waals surface area contributed by atoms with Gasteiger partial charge in [-0.3, -0.25) is 4.57 Å². The molecular weight excluding hydrogens is 324 g/mol. The molecule has 126 valence electrons. The Kier molecular flexibility index (Phi) is 4.89. The normalized spacial score (nSPS) is 12.5. The molecule has 2 heterocycles. The molecule has 0 radical (unpaired) electrons. The second kappa shape index (κ2) is 7.09. The second-order valence-corrected chi connectivity index (χ2v) is 6.99. The molecule has 1 aromatic carbocycles. The number of benzene rings is 1. The molecule has 3 aromatic rings. The van der Waals surface area contributed by atoms with Crippen molar-refractivity contribution in [3.63, 3.8) is 0 Å². The Labute approximate surface area is 145 Å². The molecule has 7 heteroatoms. The molecule has 0 bridgehead atoms. The van der Waals surface area contributed by atoms with E-state index in [1.54, 1.807) is 25.1 Å². The lowest BCUT2D eigenvalue weighted by Crippen LogP contribution is -1.98. The lowest BCUT2D eigenvalue weighted by Gasteiger charge is -2.10. The molecule has 2 aromatic heterocycles. The maximum Gasteiger partial charge on any atom is 0.239 e. The molecule has 24 heavy (non-hydrogen) atoms. The molecule has 0 fully saturated rings. The maximum absolute atomic E-state index is 5.38. The van der Waals surface area contributed by atoms with Crippen molar-refractivity contribution in [3.8, 4) is 11.4 Å². The van der Waals surface area contributed by atoms with Crippen molar-refractivity contribution >= 4 is 11.8 Å². The highest BCUT2D eigenvalue weighted by molar-refractivity contribution is 7.99. The molecule has 0 amide bonds. The second-order valence-electron chi connectivity index (χ2n) is 5.68. The van der Waals surface area contributed by atoms with E-state index < -0.39 is 0 Å². The van der Waals surface area contributed by atoms with Crippen LogP contribution < -0.4 is 4.74 Å². The van der Waals surface area contributed by atoms with Crippen LogP contribution in [0.2, 0.25) is 0 Å². The molecule has 0 aliphatic carbocycles. The zero-order valence-electron chi connectivity index (χ0n) is 14.1. The van der Waals surface area contributed by atoms with Gasteiger partial charge in [-0.05, 0) is 31.2 Å². The third kappa shape index (κ3) is 3.46. The largest absolute Gasteiger partial charge is 0.497 e. The topological polar surface area (TPSA) is 66.0 Å². The number of ether oxygens (including phenoxy) is 1. The first-order valence-corrected chi connectivity index (χ1v) is 8.64. The standard InChI is InChI=1S/C17H20N4O2S/c1-11(2)15-19-16(23-20-15)12(3)24-17-18-9-10-21(17)13-5-7-14(22-4)8-6-13/h5-12H,1-4H3. The number of rotatable bonds is 6. The van der Waals surface area contributed by atoms with Gasteiger partial charge < -0.3 is 9.26 Å². The first kappa shape index (κ1) is 16.6. The third-order valence-electron chi connectivity index (χ3n) is 3.56. The number of nitrogens with zero attached hydrogens (tertiary/aromatic N) is 4. The van der Waals surface area contributed by atoms with Gasteiger partial charge in [-0.25, -0.2) is 4.98 Å². The predicted octanol–water partition coefficient (Wildman–Crippen LogP) is 4.24. The van der Waals surface area contributed by atoms with Crippen LogP contribution in [0.25, 0.3) is 5.69 Å². The minimum absolute atomic E-state index is 0.0180. The van der Waals surface area contributed by atoms with E-state index in [0.717, 1.165) is 22.4 Å². The summed E-state index contributed by atoms with van der Waals surface area (Å²) in [6.07, 6.45) is 3.72. The molecule has 0 saturated carbocycles. The van der Waals surface area contributed by atoms with Gasteiger partial charge in [0.15, 0.2) is 11.0 Å². The molecule has 0 spiro atoms. The predicted molar refractivity (Wildman–Crippen MR) is 92.8 cm³/mol. The molecule has 0 N–H and O–H groups in total. The first-order valence-electron chi connectivity index (χ1n) is 7.76. The zero-order valence-corrected chi connectivity index (χ0v) is 14.9. The van der Waals surface area contributed by atoms with Gasteiger partial charge in [-0.1, -0.05) is 30.8 Å². The fourth-order valence-electron chi connectivity index (χ4n) is 2.17. The highest BCUT2D eigenvalue weighted by atomic mass is 32.2. The molecule has 0 aliphatic heterocycles. The van der Waals surface area contributed by atoms with E-state index in [9.17, 15) is 0 Å². The summed E-state index contributed by atoms with van der Waals surface area (Å²) in [5, 5.41) is 4.92. The van der Waals surface area contributed by atoms with Gasteiger partial charge in [0.1, 0.15) is 5.75 Å². The van der Waals surface area contributed by atoms with Gasteiger partial charge in [0, 0.05) is 24.0 Å². The molecule has 0 aliphatic rings. The van der Waals surface area contributed by atoms with Gasteiger partial charge in [-0.2, -0.15) is 4.98 Å². The van der Waals surface area contributed by atoms with Crippen molar-refractivity contribution in [2.24, 2.45) is 0 Å². The summed E-state index contributed by atoms with van der Waals surface area (Å²) in [5.41, 5.74) is 1.02. The summed E-state index contributed by atoms with van der Waals surface area (Å²) in [6.45, 7) is 6.13. The van der Waals surface area contributed by atoms with Crippen molar-refractivity contribution in [1.29, 1.82) is 0 Å². The lowest BCUT2D eigenvalue weighted by molar-refractivity contribution is 0.373. The summed E-state index contributed by atoms with van der Waals surface area (Å²) in [7, 11) is 1.66. The van der Waals surface area contributed by atoms with Crippen LogP contribution in [0.4, 0.5) is 0 Å². The smallest absolute Gasteiger partial charge is 0.239 e. The van der Waals surface area contributed by atoms with Crippen LogP contribution in [0.15, 0.2) is 46.3 Å². The molecular formula is C17H20N4O2S. The van der Waals surface area contributed by atoms with E-state index in [1.807, 2.05) is 55.8 Å². The van der Waals surface area contributed by atoms with E-state index in [2.05, 4.69) is 15.1 Å². The number of imidazole rings is 1. The van der Waals surface area contributed by atoms with E-state index >= 15 is 0 Å². The lowest BCUT2D eigenvalue weighted by atomic mass is 10.2. The summed E-state index contributed by atoms with van der Waals surface area (Å²) in [4.78, 5) is 8.91. The fraction of sp³-hybridized carbons (Fsp3) is 0.353. The quantitative estimate of drug-likeness (QED) is 0.623. The Morgan fingerprint density at radius 2 is 1.92 bits per heavy atom. The molecule has 1 atom stereocenters. The Morgan fingerprint density at radius 3 is 2.54 bits per heavy atom. The summed E-state index contributed by atoms with van der Waals surface area (Å²) in [5.74, 6) is 2.43. The van der Waals surface area contributed by atoms with Crippen LogP contribution in [-0.4, -0.2) is 26.8 Å². The van der Waals surface area contributed by atoms with Crippen LogP contribution >= 0.6 is 11.8 Å². The number of thioether (sulfide) groups is 1. The first-order chi connectivity index (χ1) is 11.6. The average Bonchev–Trinajstić information content (AvgIpc) is 3.24. The third-order valence-corrected chi connectivity index (χ3v) is 4.63. The van der Waals surface area contributed by atoms with E-state index in [4.69, 9.17) is 9.26 Å². The monoisotopic (exact) mass is 344 g/mol. The number of methoxy groups -OCH3 is 1. The molecule has 0 saturated heterocycles. The van der Waals surface area contributed by atoms with Crippen molar-refractivity contribution in [2.75, 3.05) is 7.11 Å². The highest BCUT2D eigenvalue weighted by Crippen LogP contribution is 2.34. The SMILES string of the molecule is COc1ccc(-n2ccnc2SC(C)c2nc(C(C)C)no2)cc1. The molecule has 6 nitrogen and oxygen atoms in total. The minimum Gasteiger partial charge on any atom is -0.497 e. The van der Waals surface area contributed by atoms with Crippen LogP contribution in [-0.2, 0) is 0 Å². The van der Waals surface area contributed by atoms with Crippen molar-refractivity contribution in [2.45, 2.75) is 37.1 Å². The average molecular weight is 344 g/mol. The van der Waals surface area contributed by atoms with Crippen molar-refractivity contribution < 1.29 is 9.26 Å². The van der Waals surface area contributed by atoms with Gasteiger partial charge in [-0.15, -0.1) is 0 Å². The van der Waals surface area contributed by atoms with Crippen LogP contribution in [0.3, 0.4) is 0 Å². The van der Waals surface area contributed by atoms with Crippen LogP contribution in [0.1, 0.15) is 43.7 Å². The van der Waals surface area contributed by atoms with Crippen LogP contribution in [0, 0.1) is 0 Å². The molecule has 3 rings (SSSR count). The van der Waals surface area contributed by atoms with E-state index in [0.29, 0.717) is 5.89 Å². The zero-order chi connectivity index (χ0) is 17.1. The Morgan fingerprint density at radius 1 is 1.17 bits per heavy atom. The summed E-state index contributed by atoms with van der Waals surface area (Å²) >= 11 is 1.58. The van der Waals surface area contributed by atoms with Gasteiger partial charge in [0.2, 0.25) is 5.89 Å². The van der Waals surface area contributed by atoms with E-state index in [1.165, 1.54) is 0 Å². The summed E-state index contributed by atoms with van der Waals surface area (Å²) < 4.78 is 12.6. The number of hydrogen-bond donors (Lipinski definition) is 0. The van der Waals surface area contributed by atoms with Crippen molar-refractivity contribution in [3.05, 3.63) is 48.4 Å². The molecule has 1 unspecified atom stereocenters.